The Balaban J connectivity index is 1.60. The van der Waals surface area contributed by atoms with Crippen LogP contribution in [0, 0.1) is 11.3 Å². The molecule has 5 nitrogen and oxygen atoms in total. The highest BCUT2D eigenvalue weighted by Crippen LogP contribution is 2.24. The number of amides is 1. The normalized spacial score (nSPS) is 15.7. The number of rotatable bonds is 6. The van der Waals surface area contributed by atoms with Gasteiger partial charge < -0.3 is 10.1 Å². The molecular weight excluding hydrogens is 338 g/mol. The lowest BCUT2D eigenvalue weighted by molar-refractivity contribution is 0.0187. The SMILES string of the molecule is C[C@@H](CCNC(=O)c1cccc(-c2ccccc2C#N)c1)N1CCOCC1. The van der Waals surface area contributed by atoms with Gasteiger partial charge in [-0.2, -0.15) is 5.26 Å². The molecule has 27 heavy (non-hydrogen) atoms. The summed E-state index contributed by atoms with van der Waals surface area (Å²) in [6, 6.07) is 17.5. The second kappa shape index (κ2) is 9.31. The number of nitrogens with one attached hydrogen (secondary N) is 1. The van der Waals surface area contributed by atoms with E-state index in [4.69, 9.17) is 4.74 Å². The van der Waals surface area contributed by atoms with Gasteiger partial charge in [0.2, 0.25) is 0 Å². The zero-order valence-corrected chi connectivity index (χ0v) is 15.6. The van der Waals surface area contributed by atoms with E-state index in [1.165, 1.54) is 0 Å². The van der Waals surface area contributed by atoms with Crippen molar-refractivity contribution < 1.29 is 9.53 Å². The first-order valence-electron chi connectivity index (χ1n) is 9.38. The Morgan fingerprint density at radius 3 is 2.78 bits per heavy atom. The summed E-state index contributed by atoms with van der Waals surface area (Å²) >= 11 is 0. The summed E-state index contributed by atoms with van der Waals surface area (Å²) in [5.74, 6) is -0.0829. The van der Waals surface area contributed by atoms with Crippen molar-refractivity contribution in [1.29, 1.82) is 5.26 Å². The number of nitrogens with zero attached hydrogens (tertiary/aromatic N) is 2. The van der Waals surface area contributed by atoms with Gasteiger partial charge in [0, 0.05) is 31.2 Å². The Bertz CT molecular complexity index is 822. The van der Waals surface area contributed by atoms with E-state index in [1.54, 1.807) is 12.1 Å². The minimum absolute atomic E-state index is 0.0829. The largest absolute Gasteiger partial charge is 0.379 e. The average molecular weight is 363 g/mol. The van der Waals surface area contributed by atoms with Gasteiger partial charge in [-0.3, -0.25) is 9.69 Å². The Kier molecular flexibility index (Phi) is 6.59. The van der Waals surface area contributed by atoms with Crippen molar-refractivity contribution in [2.45, 2.75) is 19.4 Å². The van der Waals surface area contributed by atoms with E-state index in [0.717, 1.165) is 43.9 Å². The molecule has 1 fully saturated rings. The van der Waals surface area contributed by atoms with Gasteiger partial charge in [0.25, 0.3) is 5.91 Å². The van der Waals surface area contributed by atoms with E-state index in [1.807, 2.05) is 36.4 Å². The highest BCUT2D eigenvalue weighted by Gasteiger charge is 2.17. The fraction of sp³-hybridized carbons (Fsp3) is 0.364. The van der Waals surface area contributed by atoms with Gasteiger partial charge in [-0.25, -0.2) is 0 Å². The molecule has 0 bridgehead atoms. The number of hydrogen-bond acceptors (Lipinski definition) is 4. The zero-order valence-electron chi connectivity index (χ0n) is 15.6. The molecule has 1 amide bonds. The van der Waals surface area contributed by atoms with Crippen LogP contribution in [0.4, 0.5) is 0 Å². The first-order valence-corrected chi connectivity index (χ1v) is 9.38. The molecule has 0 saturated carbocycles. The van der Waals surface area contributed by atoms with Crippen molar-refractivity contribution in [3.63, 3.8) is 0 Å². The number of nitriles is 1. The van der Waals surface area contributed by atoms with Crippen LogP contribution in [0.3, 0.4) is 0 Å². The molecule has 1 N–H and O–H groups in total. The predicted molar refractivity (Wildman–Crippen MR) is 105 cm³/mol. The smallest absolute Gasteiger partial charge is 0.251 e. The van der Waals surface area contributed by atoms with E-state index in [2.05, 4.69) is 23.2 Å². The summed E-state index contributed by atoms with van der Waals surface area (Å²) in [7, 11) is 0. The lowest BCUT2D eigenvalue weighted by Crippen LogP contribution is -2.43. The molecule has 1 aliphatic heterocycles. The lowest BCUT2D eigenvalue weighted by atomic mass is 9.98. The van der Waals surface area contributed by atoms with Gasteiger partial charge in [-0.15, -0.1) is 0 Å². The van der Waals surface area contributed by atoms with E-state index >= 15 is 0 Å². The van der Waals surface area contributed by atoms with Crippen molar-refractivity contribution in [3.8, 4) is 17.2 Å². The molecule has 1 saturated heterocycles. The maximum absolute atomic E-state index is 12.5. The summed E-state index contributed by atoms with van der Waals surface area (Å²) in [6.07, 6.45) is 0.905. The van der Waals surface area contributed by atoms with Crippen molar-refractivity contribution in [1.82, 2.24) is 10.2 Å². The minimum Gasteiger partial charge on any atom is -0.379 e. The molecule has 2 aromatic rings. The van der Waals surface area contributed by atoms with Crippen LogP contribution in [0.25, 0.3) is 11.1 Å². The van der Waals surface area contributed by atoms with Crippen LogP contribution in [0.15, 0.2) is 48.5 Å². The van der Waals surface area contributed by atoms with Crippen molar-refractivity contribution in [2.75, 3.05) is 32.8 Å². The van der Waals surface area contributed by atoms with Crippen molar-refractivity contribution in [3.05, 3.63) is 59.7 Å². The van der Waals surface area contributed by atoms with E-state index < -0.39 is 0 Å². The molecule has 1 aliphatic rings. The number of carbonyl (C=O) groups is 1. The van der Waals surface area contributed by atoms with Crippen molar-refractivity contribution >= 4 is 5.91 Å². The topological polar surface area (TPSA) is 65.4 Å². The predicted octanol–water partition coefficient (Wildman–Crippen LogP) is 3.07. The molecule has 1 atom stereocenters. The van der Waals surface area contributed by atoms with Crippen molar-refractivity contribution in [2.24, 2.45) is 0 Å². The molecule has 0 radical (unpaired) electrons. The summed E-state index contributed by atoms with van der Waals surface area (Å²) in [5.41, 5.74) is 2.94. The van der Waals surface area contributed by atoms with Crippen LogP contribution < -0.4 is 5.32 Å². The number of hydrogen-bond donors (Lipinski definition) is 1. The fourth-order valence-electron chi connectivity index (χ4n) is 3.36. The molecule has 5 heteroatoms. The second-order valence-corrected chi connectivity index (χ2v) is 6.78. The van der Waals surface area contributed by atoms with Gasteiger partial charge in [-0.1, -0.05) is 30.3 Å². The molecule has 1 heterocycles. The average Bonchev–Trinajstić information content (AvgIpc) is 2.74. The van der Waals surface area contributed by atoms with Gasteiger partial charge in [0.05, 0.1) is 24.8 Å². The molecule has 0 unspecified atom stereocenters. The minimum atomic E-state index is -0.0829. The molecule has 140 valence electrons. The molecule has 3 rings (SSSR count). The monoisotopic (exact) mass is 363 g/mol. The van der Waals surface area contributed by atoms with Gasteiger partial charge in [-0.05, 0) is 42.7 Å². The van der Waals surface area contributed by atoms with Crippen LogP contribution in [0.1, 0.15) is 29.3 Å². The number of morpholine rings is 1. The molecular formula is C22H25N3O2. The maximum Gasteiger partial charge on any atom is 0.251 e. The third-order valence-electron chi connectivity index (χ3n) is 5.00. The first-order chi connectivity index (χ1) is 13.2. The fourth-order valence-corrected chi connectivity index (χ4v) is 3.36. The maximum atomic E-state index is 12.5. The number of ether oxygens (including phenoxy) is 1. The highest BCUT2D eigenvalue weighted by molar-refractivity contribution is 5.95. The van der Waals surface area contributed by atoms with Gasteiger partial charge >= 0.3 is 0 Å². The Hall–Kier alpha value is -2.68. The molecule has 0 aromatic heterocycles. The van der Waals surface area contributed by atoms with Crippen LogP contribution in [0.2, 0.25) is 0 Å². The number of carbonyl (C=O) groups excluding carboxylic acids is 1. The van der Waals surface area contributed by atoms with Crippen LogP contribution in [-0.2, 0) is 4.74 Å². The van der Waals surface area contributed by atoms with E-state index in [0.29, 0.717) is 23.7 Å². The summed E-state index contributed by atoms with van der Waals surface area (Å²) in [5, 5.41) is 12.3. The zero-order chi connectivity index (χ0) is 19.1. The standard InChI is InChI=1S/C22H25N3O2/c1-17(25-11-13-27-14-12-25)9-10-24-22(26)19-7-4-6-18(15-19)21-8-3-2-5-20(21)16-23/h2-8,15,17H,9-14H2,1H3,(H,24,26)/t17-/m0/s1. The van der Waals surface area contributed by atoms with E-state index in [-0.39, 0.29) is 5.91 Å². The second-order valence-electron chi connectivity index (χ2n) is 6.78. The van der Waals surface area contributed by atoms with E-state index in [9.17, 15) is 10.1 Å². The first kappa shape index (κ1) is 19.1. The van der Waals surface area contributed by atoms with Gasteiger partial charge in [0.1, 0.15) is 0 Å². The summed E-state index contributed by atoms with van der Waals surface area (Å²) < 4.78 is 5.38. The summed E-state index contributed by atoms with van der Waals surface area (Å²) in [4.78, 5) is 14.9. The Labute approximate surface area is 160 Å². The third kappa shape index (κ3) is 4.94. The van der Waals surface area contributed by atoms with Crippen LogP contribution >= 0.6 is 0 Å². The summed E-state index contributed by atoms with van der Waals surface area (Å²) in [6.45, 7) is 6.31. The van der Waals surface area contributed by atoms with Crippen LogP contribution in [-0.4, -0.2) is 49.7 Å². The highest BCUT2D eigenvalue weighted by atomic mass is 16.5. The lowest BCUT2D eigenvalue weighted by Gasteiger charge is -2.32. The molecule has 2 aromatic carbocycles. The number of benzene rings is 2. The van der Waals surface area contributed by atoms with Gasteiger partial charge in [0.15, 0.2) is 0 Å². The third-order valence-corrected chi connectivity index (χ3v) is 5.00. The molecule has 0 aliphatic carbocycles. The Morgan fingerprint density at radius 1 is 1.22 bits per heavy atom. The molecule has 0 spiro atoms. The van der Waals surface area contributed by atoms with Crippen LogP contribution in [0.5, 0.6) is 0 Å². The quantitative estimate of drug-likeness (QED) is 0.857. The Morgan fingerprint density at radius 2 is 2.00 bits per heavy atom.